The van der Waals surface area contributed by atoms with Crippen molar-refractivity contribution in [3.05, 3.63) is 44.3 Å². The van der Waals surface area contributed by atoms with Gasteiger partial charge in [0.05, 0.1) is 10.7 Å². The molecule has 0 bridgehead atoms. The fourth-order valence-electron chi connectivity index (χ4n) is 4.12. The van der Waals surface area contributed by atoms with Crippen LogP contribution in [0.1, 0.15) is 70.2 Å². The zero-order chi connectivity index (χ0) is 20.3. The zero-order valence-corrected chi connectivity index (χ0v) is 18.3. The molecule has 5 heteroatoms. The van der Waals surface area contributed by atoms with Crippen LogP contribution in [0.15, 0.2) is 16.9 Å². The molecule has 1 heterocycles. The molecule has 0 saturated carbocycles. The summed E-state index contributed by atoms with van der Waals surface area (Å²) in [6.07, 6.45) is 7.25. The number of nitrogens with one attached hydrogen (secondary N) is 1. The molecular formula is C23H32ClN3O. The first-order valence-corrected chi connectivity index (χ1v) is 11.1. The first kappa shape index (κ1) is 20.9. The van der Waals surface area contributed by atoms with E-state index in [9.17, 15) is 4.79 Å². The molecule has 1 aliphatic carbocycles. The normalized spacial score (nSPS) is 13.6. The van der Waals surface area contributed by atoms with Gasteiger partial charge in [-0.2, -0.15) is 0 Å². The van der Waals surface area contributed by atoms with Gasteiger partial charge in [-0.1, -0.05) is 32.4 Å². The van der Waals surface area contributed by atoms with Crippen LogP contribution in [0.3, 0.4) is 0 Å². The number of benzene rings is 1. The quantitative estimate of drug-likeness (QED) is 0.654. The average molecular weight is 402 g/mol. The zero-order valence-electron chi connectivity index (χ0n) is 17.6. The van der Waals surface area contributed by atoms with Crippen LogP contribution in [0, 0.1) is 0 Å². The summed E-state index contributed by atoms with van der Waals surface area (Å²) < 4.78 is 1.76. The van der Waals surface area contributed by atoms with Gasteiger partial charge in [0, 0.05) is 18.2 Å². The summed E-state index contributed by atoms with van der Waals surface area (Å²) in [5, 5.41) is 4.15. The van der Waals surface area contributed by atoms with E-state index in [1.807, 2.05) is 13.8 Å². The standard InChI is InChI=1S/C23H32ClN3O/c1-5-17(6-2)25-21-20(7-3)26-22(27(8-4)23(21)28)18-13-15-11-9-10-12-16(15)14-19(18)24/h13-14,17,25H,5-12H2,1-4H3. The number of rotatable bonds is 7. The number of fused-ring (bicyclic) bond motifs is 1. The minimum absolute atomic E-state index is 0.00466. The summed E-state index contributed by atoms with van der Waals surface area (Å²) in [5.74, 6) is 0.692. The van der Waals surface area contributed by atoms with Crippen molar-refractivity contribution in [2.45, 2.75) is 85.2 Å². The van der Waals surface area contributed by atoms with Gasteiger partial charge < -0.3 is 5.32 Å². The van der Waals surface area contributed by atoms with E-state index >= 15 is 0 Å². The number of aromatic nitrogens is 2. The maximum absolute atomic E-state index is 13.4. The molecule has 0 amide bonds. The molecule has 1 aromatic carbocycles. The molecule has 0 atom stereocenters. The van der Waals surface area contributed by atoms with E-state index < -0.39 is 0 Å². The molecule has 1 aliphatic rings. The second-order valence-electron chi connectivity index (χ2n) is 7.63. The van der Waals surface area contributed by atoms with Gasteiger partial charge in [0.15, 0.2) is 0 Å². The van der Waals surface area contributed by atoms with E-state index in [1.165, 1.54) is 24.0 Å². The SMILES string of the molecule is CCc1nc(-c2cc3c(cc2Cl)CCCC3)n(CC)c(=O)c1NC(CC)CC. The molecule has 152 valence electrons. The fraction of sp³-hybridized carbons (Fsp3) is 0.565. The largest absolute Gasteiger partial charge is 0.376 e. The van der Waals surface area contributed by atoms with Crippen molar-refractivity contribution < 1.29 is 0 Å². The van der Waals surface area contributed by atoms with Gasteiger partial charge in [-0.15, -0.1) is 0 Å². The van der Waals surface area contributed by atoms with Crippen LogP contribution >= 0.6 is 11.6 Å². The topological polar surface area (TPSA) is 46.9 Å². The van der Waals surface area contributed by atoms with Crippen molar-refractivity contribution >= 4 is 17.3 Å². The maximum Gasteiger partial charge on any atom is 0.277 e. The third-order valence-corrected chi connectivity index (χ3v) is 6.21. The first-order chi connectivity index (χ1) is 13.5. The molecule has 0 aliphatic heterocycles. The molecule has 4 nitrogen and oxygen atoms in total. The van der Waals surface area contributed by atoms with E-state index in [2.05, 4.69) is 31.3 Å². The number of hydrogen-bond acceptors (Lipinski definition) is 3. The molecule has 1 N–H and O–H groups in total. The van der Waals surface area contributed by atoms with E-state index in [4.69, 9.17) is 16.6 Å². The predicted octanol–water partition coefficient (Wildman–Crippen LogP) is 5.63. The number of nitrogens with zero attached hydrogens (tertiary/aromatic N) is 2. The highest BCUT2D eigenvalue weighted by atomic mass is 35.5. The lowest BCUT2D eigenvalue weighted by Gasteiger charge is -2.22. The van der Waals surface area contributed by atoms with Crippen molar-refractivity contribution in [1.29, 1.82) is 0 Å². The van der Waals surface area contributed by atoms with Crippen LogP contribution in [0.4, 0.5) is 5.69 Å². The highest BCUT2D eigenvalue weighted by Gasteiger charge is 2.21. The van der Waals surface area contributed by atoms with Crippen molar-refractivity contribution in [2.75, 3.05) is 5.32 Å². The lowest BCUT2D eigenvalue weighted by Crippen LogP contribution is -2.31. The van der Waals surface area contributed by atoms with E-state index in [-0.39, 0.29) is 11.6 Å². The summed E-state index contributed by atoms with van der Waals surface area (Å²) in [4.78, 5) is 18.3. The summed E-state index contributed by atoms with van der Waals surface area (Å²) in [7, 11) is 0. The minimum Gasteiger partial charge on any atom is -0.376 e. The Bertz CT molecular complexity index is 900. The fourth-order valence-corrected chi connectivity index (χ4v) is 4.39. The van der Waals surface area contributed by atoms with Crippen LogP contribution < -0.4 is 10.9 Å². The van der Waals surface area contributed by atoms with Crippen LogP contribution in [0.25, 0.3) is 11.4 Å². The van der Waals surface area contributed by atoms with Gasteiger partial charge in [0.2, 0.25) is 0 Å². The number of halogens is 1. The summed E-state index contributed by atoms with van der Waals surface area (Å²) in [5.41, 5.74) is 5.05. The molecule has 0 saturated heterocycles. The first-order valence-electron chi connectivity index (χ1n) is 10.8. The molecule has 2 aromatic rings. The monoisotopic (exact) mass is 401 g/mol. The Labute approximate surface area is 173 Å². The smallest absolute Gasteiger partial charge is 0.277 e. The lowest BCUT2D eigenvalue weighted by molar-refractivity contribution is 0.657. The van der Waals surface area contributed by atoms with Crippen LogP contribution in [-0.4, -0.2) is 15.6 Å². The lowest BCUT2D eigenvalue weighted by atomic mass is 9.90. The van der Waals surface area contributed by atoms with Crippen LogP contribution in [-0.2, 0) is 25.8 Å². The van der Waals surface area contributed by atoms with Crippen molar-refractivity contribution in [1.82, 2.24) is 9.55 Å². The Kier molecular flexibility index (Phi) is 6.82. The van der Waals surface area contributed by atoms with Gasteiger partial charge >= 0.3 is 0 Å². The van der Waals surface area contributed by atoms with E-state index in [1.54, 1.807) is 4.57 Å². The van der Waals surface area contributed by atoms with Gasteiger partial charge in [-0.05, 0) is 75.1 Å². The molecule has 28 heavy (non-hydrogen) atoms. The predicted molar refractivity (Wildman–Crippen MR) is 119 cm³/mol. The second-order valence-corrected chi connectivity index (χ2v) is 8.03. The van der Waals surface area contributed by atoms with Crippen molar-refractivity contribution in [2.24, 2.45) is 0 Å². The molecule has 0 fully saturated rings. The Morgan fingerprint density at radius 1 is 1.11 bits per heavy atom. The Morgan fingerprint density at radius 2 is 1.75 bits per heavy atom. The van der Waals surface area contributed by atoms with Gasteiger partial charge in [-0.25, -0.2) is 4.98 Å². The van der Waals surface area contributed by atoms with Crippen LogP contribution in [0.2, 0.25) is 5.02 Å². The van der Waals surface area contributed by atoms with E-state index in [0.29, 0.717) is 29.5 Å². The van der Waals surface area contributed by atoms with Gasteiger partial charge in [-0.3, -0.25) is 9.36 Å². The summed E-state index contributed by atoms with van der Waals surface area (Å²) in [6, 6.07) is 4.53. The van der Waals surface area contributed by atoms with Crippen molar-refractivity contribution in [3.63, 3.8) is 0 Å². The molecular weight excluding hydrogens is 370 g/mol. The number of anilines is 1. The molecule has 0 radical (unpaired) electrons. The third-order valence-electron chi connectivity index (χ3n) is 5.90. The summed E-state index contributed by atoms with van der Waals surface area (Å²) >= 11 is 6.67. The van der Waals surface area contributed by atoms with Gasteiger partial charge in [0.1, 0.15) is 11.5 Å². The van der Waals surface area contributed by atoms with Crippen molar-refractivity contribution in [3.8, 4) is 11.4 Å². The van der Waals surface area contributed by atoms with Crippen LogP contribution in [0.5, 0.6) is 0 Å². The average Bonchev–Trinajstić information content (AvgIpc) is 2.71. The number of aryl methyl sites for hydroxylation is 3. The minimum atomic E-state index is 0.00466. The highest BCUT2D eigenvalue weighted by Crippen LogP contribution is 2.33. The number of hydrogen-bond donors (Lipinski definition) is 1. The second kappa shape index (κ2) is 9.13. The molecule has 1 aromatic heterocycles. The molecule has 0 unspecified atom stereocenters. The Balaban J connectivity index is 2.17. The molecule has 3 rings (SSSR count). The molecule has 0 spiro atoms. The highest BCUT2D eigenvalue weighted by molar-refractivity contribution is 6.33. The van der Waals surface area contributed by atoms with Gasteiger partial charge in [0.25, 0.3) is 5.56 Å². The maximum atomic E-state index is 13.4. The van der Waals surface area contributed by atoms with E-state index in [0.717, 1.165) is 36.9 Å². The third kappa shape index (κ3) is 3.98. The summed E-state index contributed by atoms with van der Waals surface area (Å²) in [6.45, 7) is 8.88. The Morgan fingerprint density at radius 3 is 2.32 bits per heavy atom. The Hall–Kier alpha value is -1.81.